The number of nitrogens with zero attached hydrogens (tertiary/aromatic N) is 3. The van der Waals surface area contributed by atoms with Gasteiger partial charge in [0.25, 0.3) is 0 Å². The summed E-state index contributed by atoms with van der Waals surface area (Å²) in [6.45, 7) is 3.46. The molecule has 0 aliphatic rings. The quantitative estimate of drug-likeness (QED) is 0.729. The first-order valence-corrected chi connectivity index (χ1v) is 5.43. The third kappa shape index (κ3) is 1.83. The maximum atomic E-state index is 11.1. The predicted molar refractivity (Wildman–Crippen MR) is 59.1 cm³/mol. The Morgan fingerprint density at radius 3 is 2.73 bits per heavy atom. The van der Waals surface area contributed by atoms with Crippen molar-refractivity contribution < 1.29 is 4.79 Å². The lowest BCUT2D eigenvalue weighted by atomic mass is 10.3. The minimum absolute atomic E-state index is 0.000886. The fourth-order valence-corrected chi connectivity index (χ4v) is 2.29. The van der Waals surface area contributed by atoms with E-state index in [0.717, 1.165) is 16.3 Å². The van der Waals surface area contributed by atoms with Crippen LogP contribution < -0.4 is 0 Å². The molecular weight excluding hydrogens is 210 g/mol. The molecule has 78 valence electrons. The van der Waals surface area contributed by atoms with E-state index in [9.17, 15) is 4.79 Å². The third-order valence-electron chi connectivity index (χ3n) is 2.11. The summed E-state index contributed by atoms with van der Waals surface area (Å²) in [6.07, 6.45) is 1.91. The molecule has 5 heteroatoms. The van der Waals surface area contributed by atoms with Crippen LogP contribution in [-0.2, 0) is 7.05 Å². The number of aromatic nitrogens is 3. The van der Waals surface area contributed by atoms with Gasteiger partial charge in [-0.05, 0) is 6.92 Å². The van der Waals surface area contributed by atoms with E-state index in [1.54, 1.807) is 10.1 Å². The Labute approximate surface area is 91.6 Å². The molecule has 0 aliphatic carbocycles. The summed E-state index contributed by atoms with van der Waals surface area (Å²) in [5.41, 5.74) is 2.45. The molecular formula is C10H11N3OS. The minimum atomic E-state index is -0.000886. The van der Waals surface area contributed by atoms with Gasteiger partial charge in [-0.2, -0.15) is 5.10 Å². The Morgan fingerprint density at radius 2 is 2.27 bits per heavy atom. The van der Waals surface area contributed by atoms with Gasteiger partial charge in [0.2, 0.25) is 0 Å². The number of hydrogen-bond acceptors (Lipinski definition) is 4. The van der Waals surface area contributed by atoms with Gasteiger partial charge in [0.1, 0.15) is 10.7 Å². The number of rotatable bonds is 2. The Kier molecular flexibility index (Phi) is 2.40. The second kappa shape index (κ2) is 3.58. The van der Waals surface area contributed by atoms with Crippen molar-refractivity contribution in [3.05, 3.63) is 23.0 Å². The van der Waals surface area contributed by atoms with E-state index < -0.39 is 0 Å². The molecule has 0 bridgehead atoms. The zero-order valence-electron chi connectivity index (χ0n) is 8.81. The zero-order chi connectivity index (χ0) is 11.0. The summed E-state index contributed by atoms with van der Waals surface area (Å²) < 4.78 is 1.75. The average Bonchev–Trinajstić information content (AvgIpc) is 2.71. The molecule has 0 atom stereocenters. The fraction of sp³-hybridized carbons (Fsp3) is 0.300. The molecule has 0 aromatic carbocycles. The van der Waals surface area contributed by atoms with Crippen molar-refractivity contribution in [2.75, 3.05) is 0 Å². The van der Waals surface area contributed by atoms with Crippen LogP contribution in [-0.4, -0.2) is 20.5 Å². The van der Waals surface area contributed by atoms with Gasteiger partial charge in [-0.15, -0.1) is 11.3 Å². The number of carbonyl (C=O) groups is 1. The van der Waals surface area contributed by atoms with Crippen molar-refractivity contribution in [3.8, 4) is 10.6 Å². The molecule has 15 heavy (non-hydrogen) atoms. The van der Waals surface area contributed by atoms with Crippen molar-refractivity contribution in [1.82, 2.24) is 14.8 Å². The molecule has 0 saturated heterocycles. The van der Waals surface area contributed by atoms with E-state index in [2.05, 4.69) is 10.1 Å². The lowest BCUT2D eigenvalue weighted by molar-refractivity contribution is 0.101. The number of ketones is 1. The molecule has 0 amide bonds. The van der Waals surface area contributed by atoms with Crippen LogP contribution in [0.15, 0.2) is 11.6 Å². The van der Waals surface area contributed by atoms with Crippen LogP contribution >= 0.6 is 11.3 Å². The van der Waals surface area contributed by atoms with Gasteiger partial charge in [0, 0.05) is 25.5 Å². The Hall–Kier alpha value is -1.49. The van der Waals surface area contributed by atoms with Crippen LogP contribution in [0.5, 0.6) is 0 Å². The standard InChI is InChI=1S/C10H11N3OS/c1-6-8(4-13(3)12-6)10-11-9(5-15-10)7(2)14/h4-5H,1-3H3. The number of aryl methyl sites for hydroxylation is 2. The molecule has 0 spiro atoms. The minimum Gasteiger partial charge on any atom is -0.293 e. The molecule has 2 heterocycles. The lowest BCUT2D eigenvalue weighted by Gasteiger charge is -1.89. The van der Waals surface area contributed by atoms with E-state index in [1.165, 1.54) is 18.3 Å². The van der Waals surface area contributed by atoms with E-state index >= 15 is 0 Å². The van der Waals surface area contributed by atoms with Gasteiger partial charge in [-0.25, -0.2) is 4.98 Å². The Bertz CT molecular complexity index is 512. The van der Waals surface area contributed by atoms with Gasteiger partial charge >= 0.3 is 0 Å². The fourth-order valence-electron chi connectivity index (χ4n) is 1.37. The van der Waals surface area contributed by atoms with Crippen LogP contribution in [0.1, 0.15) is 23.1 Å². The molecule has 0 radical (unpaired) electrons. The number of thiazole rings is 1. The van der Waals surface area contributed by atoms with Gasteiger partial charge in [-0.3, -0.25) is 9.48 Å². The highest BCUT2D eigenvalue weighted by atomic mass is 32.1. The molecule has 2 aromatic heterocycles. The maximum absolute atomic E-state index is 11.1. The smallest absolute Gasteiger partial charge is 0.178 e. The summed E-state index contributed by atoms with van der Waals surface area (Å²) in [4.78, 5) is 15.4. The first kappa shape index (κ1) is 10.0. The zero-order valence-corrected chi connectivity index (χ0v) is 9.63. The summed E-state index contributed by atoms with van der Waals surface area (Å²) in [6, 6.07) is 0. The molecule has 0 N–H and O–H groups in total. The van der Waals surface area contributed by atoms with Crippen molar-refractivity contribution in [2.24, 2.45) is 7.05 Å². The van der Waals surface area contributed by atoms with E-state index in [0.29, 0.717) is 5.69 Å². The van der Waals surface area contributed by atoms with Crippen LogP contribution in [0, 0.1) is 6.92 Å². The van der Waals surface area contributed by atoms with Crippen molar-refractivity contribution >= 4 is 17.1 Å². The Morgan fingerprint density at radius 1 is 1.53 bits per heavy atom. The number of Topliss-reactive ketones (excluding diaryl/α,β-unsaturated/α-hetero) is 1. The second-order valence-electron chi connectivity index (χ2n) is 3.40. The van der Waals surface area contributed by atoms with Gasteiger partial charge in [-0.1, -0.05) is 0 Å². The molecule has 0 fully saturated rings. The second-order valence-corrected chi connectivity index (χ2v) is 4.25. The molecule has 2 aromatic rings. The van der Waals surface area contributed by atoms with Gasteiger partial charge in [0.05, 0.1) is 11.3 Å². The van der Waals surface area contributed by atoms with Gasteiger partial charge < -0.3 is 0 Å². The largest absolute Gasteiger partial charge is 0.293 e. The van der Waals surface area contributed by atoms with E-state index in [4.69, 9.17) is 0 Å². The topological polar surface area (TPSA) is 47.8 Å². The third-order valence-corrected chi connectivity index (χ3v) is 2.98. The highest BCUT2D eigenvalue weighted by Crippen LogP contribution is 2.25. The first-order valence-electron chi connectivity index (χ1n) is 4.55. The lowest BCUT2D eigenvalue weighted by Crippen LogP contribution is -1.91. The Balaban J connectivity index is 2.45. The maximum Gasteiger partial charge on any atom is 0.178 e. The summed E-state index contributed by atoms with van der Waals surface area (Å²) in [5.74, 6) is -0.000886. The average molecular weight is 221 g/mol. The monoisotopic (exact) mass is 221 g/mol. The SMILES string of the molecule is CC(=O)c1csc(-c2cn(C)nc2C)n1. The van der Waals surface area contributed by atoms with Gasteiger partial charge in [0.15, 0.2) is 5.78 Å². The van der Waals surface area contributed by atoms with E-state index in [1.807, 2.05) is 20.2 Å². The van der Waals surface area contributed by atoms with E-state index in [-0.39, 0.29) is 5.78 Å². The van der Waals surface area contributed by atoms with Crippen molar-refractivity contribution in [1.29, 1.82) is 0 Å². The molecule has 2 rings (SSSR count). The summed E-state index contributed by atoms with van der Waals surface area (Å²) >= 11 is 1.47. The summed E-state index contributed by atoms with van der Waals surface area (Å²) in [7, 11) is 1.87. The number of hydrogen-bond donors (Lipinski definition) is 0. The molecule has 0 aliphatic heterocycles. The number of carbonyl (C=O) groups excluding carboxylic acids is 1. The highest BCUT2D eigenvalue weighted by molar-refractivity contribution is 7.13. The van der Waals surface area contributed by atoms with Crippen molar-refractivity contribution in [2.45, 2.75) is 13.8 Å². The van der Waals surface area contributed by atoms with Crippen LogP contribution in [0.3, 0.4) is 0 Å². The van der Waals surface area contributed by atoms with Crippen LogP contribution in [0.4, 0.5) is 0 Å². The van der Waals surface area contributed by atoms with Crippen LogP contribution in [0.25, 0.3) is 10.6 Å². The predicted octanol–water partition coefficient (Wildman–Crippen LogP) is 2.05. The first-order chi connectivity index (χ1) is 7.08. The highest BCUT2D eigenvalue weighted by Gasteiger charge is 2.11. The normalized spacial score (nSPS) is 10.6. The van der Waals surface area contributed by atoms with Crippen molar-refractivity contribution in [3.63, 3.8) is 0 Å². The molecule has 0 unspecified atom stereocenters. The molecule has 4 nitrogen and oxygen atoms in total. The van der Waals surface area contributed by atoms with Crippen LogP contribution in [0.2, 0.25) is 0 Å². The molecule has 0 saturated carbocycles. The summed E-state index contributed by atoms with van der Waals surface area (Å²) in [5, 5.41) is 6.87.